The molecule has 33 heavy (non-hydrogen) atoms. The number of amides is 2. The van der Waals surface area contributed by atoms with Crippen molar-refractivity contribution in [3.8, 4) is 11.1 Å². The summed E-state index contributed by atoms with van der Waals surface area (Å²) < 4.78 is 5.54. The van der Waals surface area contributed by atoms with Crippen molar-refractivity contribution < 1.29 is 24.2 Å². The molecule has 2 aromatic carbocycles. The van der Waals surface area contributed by atoms with Gasteiger partial charge in [-0.05, 0) is 33.6 Å². The first kappa shape index (κ1) is 24.3. The van der Waals surface area contributed by atoms with E-state index < -0.39 is 35.5 Å². The predicted octanol–water partition coefficient (Wildman–Crippen LogP) is 4.17. The topological polar surface area (TPSA) is 105 Å². The Balaban J connectivity index is 1.68. The first-order valence-electron chi connectivity index (χ1n) is 11.2. The molecule has 0 spiro atoms. The minimum absolute atomic E-state index is 0.0910. The second kappa shape index (κ2) is 9.65. The standard InChI is InChI=1S/C26H32N2O5/c1-15(2)21(23(29)28-22(24(30)31)26(3,4)5)27-25(32)33-14-20-18-12-8-6-10-16(18)17-11-7-9-13-19(17)20/h6-13,15,20-22H,14H2,1-5H3,(H,27,32)(H,28,29)(H,30,31)/t21-,22?/m0/s1. The van der Waals surface area contributed by atoms with Crippen LogP contribution in [0.1, 0.15) is 51.7 Å². The number of rotatable bonds is 7. The second-order valence-electron chi connectivity index (χ2n) is 9.84. The van der Waals surface area contributed by atoms with E-state index in [1.165, 1.54) is 0 Å². The van der Waals surface area contributed by atoms with E-state index in [2.05, 4.69) is 22.8 Å². The van der Waals surface area contributed by atoms with Crippen LogP contribution in [0.5, 0.6) is 0 Å². The molecule has 2 aromatic rings. The summed E-state index contributed by atoms with van der Waals surface area (Å²) >= 11 is 0. The van der Waals surface area contributed by atoms with Crippen LogP contribution in [0, 0.1) is 11.3 Å². The highest BCUT2D eigenvalue weighted by molar-refractivity contribution is 5.89. The Morgan fingerprint density at radius 3 is 1.91 bits per heavy atom. The summed E-state index contributed by atoms with van der Waals surface area (Å²) in [6.07, 6.45) is -0.714. The predicted molar refractivity (Wildman–Crippen MR) is 126 cm³/mol. The number of hydrogen-bond acceptors (Lipinski definition) is 4. The van der Waals surface area contributed by atoms with Crippen LogP contribution in [0.3, 0.4) is 0 Å². The fraction of sp³-hybridized carbons (Fsp3) is 0.423. The summed E-state index contributed by atoms with van der Waals surface area (Å²) in [6, 6.07) is 14.1. The van der Waals surface area contributed by atoms with Gasteiger partial charge >= 0.3 is 12.1 Å². The zero-order valence-corrected chi connectivity index (χ0v) is 19.7. The molecule has 0 saturated heterocycles. The van der Waals surface area contributed by atoms with Gasteiger partial charge in [0.25, 0.3) is 0 Å². The molecule has 1 unspecified atom stereocenters. The summed E-state index contributed by atoms with van der Waals surface area (Å²) in [4.78, 5) is 37.1. The summed E-state index contributed by atoms with van der Waals surface area (Å²) in [5.41, 5.74) is 3.76. The van der Waals surface area contributed by atoms with E-state index in [0.717, 1.165) is 22.3 Å². The zero-order valence-electron chi connectivity index (χ0n) is 19.7. The van der Waals surface area contributed by atoms with Gasteiger partial charge in [0.2, 0.25) is 5.91 Å². The maximum Gasteiger partial charge on any atom is 0.407 e. The lowest BCUT2D eigenvalue weighted by molar-refractivity contribution is -0.145. The van der Waals surface area contributed by atoms with Gasteiger partial charge in [-0.25, -0.2) is 9.59 Å². The van der Waals surface area contributed by atoms with Gasteiger partial charge in [-0.2, -0.15) is 0 Å². The van der Waals surface area contributed by atoms with E-state index in [1.807, 2.05) is 36.4 Å². The number of fused-ring (bicyclic) bond motifs is 3. The SMILES string of the molecule is CC(C)[C@H](NC(=O)OCC1c2ccccc2-c2ccccc21)C(=O)NC(C(=O)O)C(C)(C)C. The third-order valence-electron chi connectivity index (χ3n) is 5.97. The maximum atomic E-state index is 12.8. The van der Waals surface area contributed by atoms with Gasteiger partial charge in [0.05, 0.1) is 0 Å². The van der Waals surface area contributed by atoms with Crippen molar-refractivity contribution in [1.82, 2.24) is 10.6 Å². The third kappa shape index (κ3) is 5.35. The number of nitrogens with one attached hydrogen (secondary N) is 2. The summed E-state index contributed by atoms with van der Waals surface area (Å²) in [6.45, 7) is 8.88. The fourth-order valence-corrected chi connectivity index (χ4v) is 4.18. The average Bonchev–Trinajstić information content (AvgIpc) is 3.06. The van der Waals surface area contributed by atoms with Gasteiger partial charge in [0.15, 0.2) is 0 Å². The Bertz CT molecular complexity index is 995. The van der Waals surface area contributed by atoms with E-state index in [0.29, 0.717) is 0 Å². The molecule has 7 heteroatoms. The molecule has 1 aliphatic carbocycles. The Morgan fingerprint density at radius 1 is 0.939 bits per heavy atom. The van der Waals surface area contributed by atoms with E-state index in [1.54, 1.807) is 34.6 Å². The molecule has 7 nitrogen and oxygen atoms in total. The molecule has 176 valence electrons. The van der Waals surface area contributed by atoms with Crippen molar-refractivity contribution in [3.05, 3.63) is 59.7 Å². The fourth-order valence-electron chi connectivity index (χ4n) is 4.18. The van der Waals surface area contributed by atoms with Crippen LogP contribution < -0.4 is 10.6 Å². The molecule has 2 amide bonds. The number of carboxylic acid groups (broad SMARTS) is 1. The number of benzene rings is 2. The Labute approximate surface area is 194 Å². The molecule has 0 radical (unpaired) electrons. The van der Waals surface area contributed by atoms with E-state index >= 15 is 0 Å². The van der Waals surface area contributed by atoms with Crippen molar-refractivity contribution in [1.29, 1.82) is 0 Å². The molecular formula is C26H32N2O5. The van der Waals surface area contributed by atoms with Crippen LogP contribution in [-0.4, -0.2) is 41.8 Å². The molecule has 0 aromatic heterocycles. The summed E-state index contributed by atoms with van der Waals surface area (Å²) in [5, 5.41) is 14.7. The first-order valence-corrected chi connectivity index (χ1v) is 11.2. The minimum atomic E-state index is -1.13. The number of carbonyl (C=O) groups is 3. The molecule has 0 aliphatic heterocycles. The van der Waals surface area contributed by atoms with E-state index in [4.69, 9.17) is 4.74 Å². The molecule has 0 fully saturated rings. The number of ether oxygens (including phenoxy) is 1. The van der Waals surface area contributed by atoms with Crippen molar-refractivity contribution in [2.24, 2.45) is 11.3 Å². The Morgan fingerprint density at radius 2 is 1.45 bits per heavy atom. The largest absolute Gasteiger partial charge is 0.480 e. The van der Waals surface area contributed by atoms with Gasteiger partial charge in [-0.15, -0.1) is 0 Å². The van der Waals surface area contributed by atoms with Crippen molar-refractivity contribution in [2.45, 2.75) is 52.6 Å². The van der Waals surface area contributed by atoms with Gasteiger partial charge in [0.1, 0.15) is 18.7 Å². The molecular weight excluding hydrogens is 420 g/mol. The quantitative estimate of drug-likeness (QED) is 0.585. The van der Waals surface area contributed by atoms with Crippen LogP contribution in [0.2, 0.25) is 0 Å². The van der Waals surface area contributed by atoms with Crippen molar-refractivity contribution in [2.75, 3.05) is 6.61 Å². The number of aliphatic carboxylic acids is 1. The molecule has 1 aliphatic rings. The lowest BCUT2D eigenvalue weighted by Crippen LogP contribution is -2.57. The minimum Gasteiger partial charge on any atom is -0.480 e. The van der Waals surface area contributed by atoms with Crippen LogP contribution in [-0.2, 0) is 14.3 Å². The van der Waals surface area contributed by atoms with Crippen molar-refractivity contribution in [3.63, 3.8) is 0 Å². The highest BCUT2D eigenvalue weighted by Crippen LogP contribution is 2.44. The molecule has 0 saturated carbocycles. The Kier molecular flexibility index (Phi) is 7.10. The summed E-state index contributed by atoms with van der Waals surface area (Å²) in [7, 11) is 0. The lowest BCUT2D eigenvalue weighted by Gasteiger charge is -2.30. The van der Waals surface area contributed by atoms with Gasteiger partial charge in [0, 0.05) is 5.92 Å². The maximum absolute atomic E-state index is 12.8. The van der Waals surface area contributed by atoms with E-state index in [9.17, 15) is 19.5 Å². The van der Waals surface area contributed by atoms with Crippen LogP contribution >= 0.6 is 0 Å². The van der Waals surface area contributed by atoms with Crippen LogP contribution in [0.4, 0.5) is 4.79 Å². The van der Waals surface area contributed by atoms with Gasteiger partial charge < -0.3 is 20.5 Å². The summed E-state index contributed by atoms with van der Waals surface area (Å²) in [5.74, 6) is -2.04. The molecule has 0 heterocycles. The smallest absolute Gasteiger partial charge is 0.407 e. The first-order chi connectivity index (χ1) is 15.5. The third-order valence-corrected chi connectivity index (χ3v) is 5.97. The monoisotopic (exact) mass is 452 g/mol. The van der Waals surface area contributed by atoms with Gasteiger partial charge in [-0.3, -0.25) is 4.79 Å². The number of carbonyl (C=O) groups excluding carboxylic acids is 2. The van der Waals surface area contributed by atoms with Crippen molar-refractivity contribution >= 4 is 18.0 Å². The highest BCUT2D eigenvalue weighted by Gasteiger charge is 2.36. The molecule has 3 N–H and O–H groups in total. The van der Waals surface area contributed by atoms with Crippen LogP contribution in [0.15, 0.2) is 48.5 Å². The molecule has 0 bridgehead atoms. The zero-order chi connectivity index (χ0) is 24.3. The number of alkyl carbamates (subject to hydrolysis) is 1. The van der Waals surface area contributed by atoms with Gasteiger partial charge in [-0.1, -0.05) is 83.1 Å². The Hall–Kier alpha value is -3.35. The second-order valence-corrected chi connectivity index (χ2v) is 9.84. The van der Waals surface area contributed by atoms with E-state index in [-0.39, 0.29) is 18.4 Å². The number of hydrogen-bond donors (Lipinski definition) is 3. The lowest BCUT2D eigenvalue weighted by atomic mass is 9.86. The average molecular weight is 453 g/mol. The number of carboxylic acids is 1. The van der Waals surface area contributed by atoms with Crippen LogP contribution in [0.25, 0.3) is 11.1 Å². The molecule has 2 atom stereocenters. The highest BCUT2D eigenvalue weighted by atomic mass is 16.5. The molecule has 3 rings (SSSR count). The normalized spacial score (nSPS) is 14.7.